The average Bonchev–Trinajstić information content (AvgIpc) is 2.61. The van der Waals surface area contributed by atoms with Crippen molar-refractivity contribution in [3.8, 4) is 0 Å². The zero-order valence-electron chi connectivity index (χ0n) is 15.0. The third-order valence-electron chi connectivity index (χ3n) is 4.89. The van der Waals surface area contributed by atoms with Crippen LogP contribution in [0, 0.1) is 0 Å². The molecule has 1 aromatic rings. The molecule has 1 aromatic carbocycles. The van der Waals surface area contributed by atoms with E-state index in [0.717, 1.165) is 25.9 Å². The molecule has 0 aromatic heterocycles. The van der Waals surface area contributed by atoms with Gasteiger partial charge in [-0.1, -0.05) is 18.2 Å². The lowest BCUT2D eigenvalue weighted by molar-refractivity contribution is -0.129. The van der Waals surface area contributed by atoms with Gasteiger partial charge in [-0.3, -0.25) is 9.59 Å². The zero-order chi connectivity index (χ0) is 17.9. The minimum absolute atomic E-state index is 0.0613. The number of aryl methyl sites for hydroxylation is 1. The minimum Gasteiger partial charge on any atom is -0.371 e. The van der Waals surface area contributed by atoms with Gasteiger partial charge in [-0.05, 0) is 44.7 Å². The van der Waals surface area contributed by atoms with Gasteiger partial charge in [-0.25, -0.2) is 0 Å². The Bertz CT molecular complexity index is 647. The van der Waals surface area contributed by atoms with Crippen LogP contribution < -0.4 is 15.5 Å². The van der Waals surface area contributed by atoms with Gasteiger partial charge in [0.25, 0.3) is 0 Å². The number of carbonyl (C=O) groups excluding carboxylic acids is 2. The maximum absolute atomic E-state index is 12.3. The standard InChI is InChI=1S/C19H27N3O2S/c1-19(2)18(24)21-15(13-25-19)17(23)20-10-6-12-22-11-5-8-14-7-3-4-9-16(14)22/h3-4,7,9,15H,5-6,8,10-13H2,1-2H3,(H,20,23)(H,21,24)/t15-/m0/s1. The molecule has 1 atom stereocenters. The van der Waals surface area contributed by atoms with E-state index in [-0.39, 0.29) is 11.8 Å². The van der Waals surface area contributed by atoms with Crippen LogP contribution in [-0.2, 0) is 16.0 Å². The van der Waals surface area contributed by atoms with Crippen LogP contribution in [0.5, 0.6) is 0 Å². The molecule has 2 N–H and O–H groups in total. The molecule has 0 aliphatic carbocycles. The second-order valence-corrected chi connectivity index (χ2v) is 8.85. The van der Waals surface area contributed by atoms with E-state index in [1.807, 2.05) is 13.8 Å². The van der Waals surface area contributed by atoms with E-state index >= 15 is 0 Å². The number of fused-ring (bicyclic) bond motifs is 1. The maximum Gasteiger partial charge on any atom is 0.243 e. The molecule has 2 amide bonds. The van der Waals surface area contributed by atoms with E-state index in [0.29, 0.717) is 12.3 Å². The maximum atomic E-state index is 12.3. The number of hydrogen-bond donors (Lipinski definition) is 2. The van der Waals surface area contributed by atoms with Crippen molar-refractivity contribution < 1.29 is 9.59 Å². The van der Waals surface area contributed by atoms with E-state index in [9.17, 15) is 9.59 Å². The molecular formula is C19H27N3O2S. The number of hydrogen-bond acceptors (Lipinski definition) is 4. The fourth-order valence-electron chi connectivity index (χ4n) is 3.32. The average molecular weight is 362 g/mol. The molecule has 1 fully saturated rings. The normalized spacial score (nSPS) is 22.1. The lowest BCUT2D eigenvalue weighted by Crippen LogP contribution is -2.57. The van der Waals surface area contributed by atoms with E-state index in [4.69, 9.17) is 0 Å². The summed E-state index contributed by atoms with van der Waals surface area (Å²) < 4.78 is -0.446. The molecule has 0 unspecified atom stereocenters. The predicted octanol–water partition coefficient (Wildman–Crippen LogP) is 1.96. The van der Waals surface area contributed by atoms with E-state index < -0.39 is 10.8 Å². The summed E-state index contributed by atoms with van der Waals surface area (Å²) in [6.07, 6.45) is 3.24. The molecule has 6 heteroatoms. The van der Waals surface area contributed by atoms with Crippen LogP contribution in [0.15, 0.2) is 24.3 Å². The van der Waals surface area contributed by atoms with Crippen LogP contribution in [-0.4, -0.2) is 48.0 Å². The van der Waals surface area contributed by atoms with E-state index in [2.05, 4.69) is 39.8 Å². The fourth-order valence-corrected chi connectivity index (χ4v) is 4.33. The van der Waals surface area contributed by atoms with Gasteiger partial charge in [-0.2, -0.15) is 0 Å². The van der Waals surface area contributed by atoms with Crippen LogP contribution >= 0.6 is 11.8 Å². The first-order valence-electron chi connectivity index (χ1n) is 9.03. The highest BCUT2D eigenvalue weighted by molar-refractivity contribution is 8.01. The zero-order valence-corrected chi connectivity index (χ0v) is 15.8. The third kappa shape index (κ3) is 4.29. The van der Waals surface area contributed by atoms with Gasteiger partial charge >= 0.3 is 0 Å². The van der Waals surface area contributed by atoms with Crippen molar-refractivity contribution in [3.63, 3.8) is 0 Å². The fraction of sp³-hybridized carbons (Fsp3) is 0.579. The van der Waals surface area contributed by atoms with Gasteiger partial charge in [0.2, 0.25) is 11.8 Å². The topological polar surface area (TPSA) is 61.4 Å². The summed E-state index contributed by atoms with van der Waals surface area (Å²) in [4.78, 5) is 26.6. The first-order chi connectivity index (χ1) is 12.0. The monoisotopic (exact) mass is 361 g/mol. The van der Waals surface area contributed by atoms with Crippen molar-refractivity contribution in [2.45, 2.75) is 43.9 Å². The molecule has 0 saturated carbocycles. The lowest BCUT2D eigenvalue weighted by atomic mass is 10.0. The van der Waals surface area contributed by atoms with Gasteiger partial charge in [0.05, 0.1) is 4.75 Å². The Labute approximate surface area is 153 Å². The first kappa shape index (κ1) is 18.1. The highest BCUT2D eigenvalue weighted by Gasteiger charge is 2.37. The third-order valence-corrected chi connectivity index (χ3v) is 6.30. The SMILES string of the molecule is CC1(C)SC[C@@H](C(=O)NCCCN2CCCc3ccccc32)NC1=O. The number of amides is 2. The number of para-hydroxylation sites is 1. The Balaban J connectivity index is 1.42. The second-order valence-electron chi connectivity index (χ2n) is 7.21. The summed E-state index contributed by atoms with van der Waals surface area (Å²) in [6, 6.07) is 8.16. The quantitative estimate of drug-likeness (QED) is 0.787. The Morgan fingerprint density at radius 1 is 1.40 bits per heavy atom. The molecule has 0 radical (unpaired) electrons. The van der Waals surface area contributed by atoms with Crippen molar-refractivity contribution in [2.24, 2.45) is 0 Å². The molecule has 136 valence electrons. The predicted molar refractivity (Wildman–Crippen MR) is 103 cm³/mol. The summed E-state index contributed by atoms with van der Waals surface area (Å²) in [6.45, 7) is 6.43. The number of thioether (sulfide) groups is 1. The number of benzene rings is 1. The van der Waals surface area contributed by atoms with E-state index in [1.165, 1.54) is 29.4 Å². The number of rotatable bonds is 5. The van der Waals surface area contributed by atoms with Crippen LogP contribution in [0.4, 0.5) is 5.69 Å². The molecule has 1 saturated heterocycles. The van der Waals surface area contributed by atoms with Crippen molar-refractivity contribution in [2.75, 3.05) is 30.3 Å². The highest BCUT2D eigenvalue weighted by atomic mass is 32.2. The Morgan fingerprint density at radius 3 is 3.00 bits per heavy atom. The summed E-state index contributed by atoms with van der Waals surface area (Å²) in [5.41, 5.74) is 2.75. The lowest BCUT2D eigenvalue weighted by Gasteiger charge is -2.33. The Morgan fingerprint density at radius 2 is 2.20 bits per heavy atom. The number of nitrogens with zero attached hydrogens (tertiary/aromatic N) is 1. The van der Waals surface area contributed by atoms with Gasteiger partial charge in [0.1, 0.15) is 6.04 Å². The van der Waals surface area contributed by atoms with E-state index in [1.54, 1.807) is 0 Å². The molecule has 2 aliphatic rings. The van der Waals surface area contributed by atoms with Crippen molar-refractivity contribution >= 4 is 29.3 Å². The van der Waals surface area contributed by atoms with Gasteiger partial charge in [-0.15, -0.1) is 11.8 Å². The van der Waals surface area contributed by atoms with Crippen LogP contribution in [0.2, 0.25) is 0 Å². The molecule has 25 heavy (non-hydrogen) atoms. The second kappa shape index (κ2) is 7.68. The molecule has 5 nitrogen and oxygen atoms in total. The summed E-state index contributed by atoms with van der Waals surface area (Å²) in [7, 11) is 0. The largest absolute Gasteiger partial charge is 0.371 e. The van der Waals surface area contributed by atoms with Gasteiger partial charge < -0.3 is 15.5 Å². The number of nitrogens with one attached hydrogen (secondary N) is 2. The van der Waals surface area contributed by atoms with Crippen molar-refractivity contribution in [1.29, 1.82) is 0 Å². The summed E-state index contributed by atoms with van der Waals surface area (Å²) >= 11 is 1.54. The minimum atomic E-state index is -0.446. The van der Waals surface area contributed by atoms with Gasteiger partial charge in [0.15, 0.2) is 0 Å². The van der Waals surface area contributed by atoms with Crippen molar-refractivity contribution in [1.82, 2.24) is 10.6 Å². The Kier molecular flexibility index (Phi) is 5.57. The highest BCUT2D eigenvalue weighted by Crippen LogP contribution is 2.29. The van der Waals surface area contributed by atoms with Crippen LogP contribution in [0.1, 0.15) is 32.3 Å². The molecule has 3 rings (SSSR count). The molecular weight excluding hydrogens is 334 g/mol. The number of carbonyl (C=O) groups is 2. The molecule has 2 aliphatic heterocycles. The first-order valence-corrected chi connectivity index (χ1v) is 10.0. The molecule has 0 spiro atoms. The molecule has 2 heterocycles. The summed E-state index contributed by atoms with van der Waals surface area (Å²) in [5.74, 6) is 0.494. The van der Waals surface area contributed by atoms with Gasteiger partial charge in [0, 0.05) is 31.1 Å². The number of anilines is 1. The van der Waals surface area contributed by atoms with Crippen molar-refractivity contribution in [3.05, 3.63) is 29.8 Å². The van der Waals surface area contributed by atoms with Crippen LogP contribution in [0.25, 0.3) is 0 Å². The summed E-state index contributed by atoms with van der Waals surface area (Å²) in [5, 5.41) is 5.80. The Hall–Kier alpha value is -1.69. The van der Waals surface area contributed by atoms with Crippen LogP contribution in [0.3, 0.4) is 0 Å². The molecule has 0 bridgehead atoms. The smallest absolute Gasteiger partial charge is 0.243 e.